The Labute approximate surface area is 77.0 Å². The van der Waals surface area contributed by atoms with Crippen LogP contribution < -0.4 is 11.2 Å². The molecule has 0 aromatic heterocycles. The minimum atomic E-state index is 0.531. The second kappa shape index (κ2) is 3.41. The largest absolute Gasteiger partial charge is 0.326 e. The number of hydrogen-bond acceptors (Lipinski definition) is 2. The van der Waals surface area contributed by atoms with E-state index in [0.717, 1.165) is 16.8 Å². The molecule has 1 aromatic carbocycles. The van der Waals surface area contributed by atoms with Crippen LogP contribution in [0.4, 0.5) is 0 Å². The zero-order chi connectivity index (χ0) is 9.10. The maximum atomic E-state index is 5.61. The standard InChI is InChI=1S/C10H10N3/c11-7-8-3-1-2-4-9(8)10-5-6-12-13-10/h1-6H,7,11H2. The fraction of sp³-hybridized carbons (Fsp3) is 0.100. The normalized spacial score (nSPS) is 14.1. The number of nitrogens with two attached hydrogens (primary N) is 1. The van der Waals surface area contributed by atoms with Crippen LogP contribution >= 0.6 is 0 Å². The van der Waals surface area contributed by atoms with Crippen LogP contribution in [0, 0.1) is 0 Å². The van der Waals surface area contributed by atoms with E-state index in [1.165, 1.54) is 0 Å². The molecular weight excluding hydrogens is 162 g/mol. The number of allylic oxidation sites excluding steroid dienone is 1. The Hall–Kier alpha value is -1.61. The van der Waals surface area contributed by atoms with Crippen LogP contribution in [-0.4, -0.2) is 6.21 Å². The van der Waals surface area contributed by atoms with E-state index >= 15 is 0 Å². The summed E-state index contributed by atoms with van der Waals surface area (Å²) in [5, 5.41) is 3.78. The summed E-state index contributed by atoms with van der Waals surface area (Å²) >= 11 is 0. The third-order valence-electron chi connectivity index (χ3n) is 1.98. The number of benzene rings is 1. The molecule has 1 aliphatic heterocycles. The molecule has 1 radical (unpaired) electrons. The van der Waals surface area contributed by atoms with Crippen LogP contribution in [0.15, 0.2) is 35.4 Å². The van der Waals surface area contributed by atoms with Gasteiger partial charge in [0.2, 0.25) is 0 Å². The molecule has 0 saturated carbocycles. The van der Waals surface area contributed by atoms with Gasteiger partial charge in [0.15, 0.2) is 0 Å². The van der Waals surface area contributed by atoms with Gasteiger partial charge in [-0.05, 0) is 11.6 Å². The lowest BCUT2D eigenvalue weighted by Crippen LogP contribution is -2.02. The first kappa shape index (κ1) is 8.01. The summed E-state index contributed by atoms with van der Waals surface area (Å²) < 4.78 is 0. The van der Waals surface area contributed by atoms with Gasteiger partial charge in [0.25, 0.3) is 0 Å². The molecule has 0 atom stereocenters. The van der Waals surface area contributed by atoms with Gasteiger partial charge in [-0.2, -0.15) is 10.5 Å². The van der Waals surface area contributed by atoms with E-state index in [1.54, 1.807) is 6.21 Å². The maximum absolute atomic E-state index is 5.61. The Balaban J connectivity index is 2.39. The average Bonchev–Trinajstić information content (AvgIpc) is 2.70. The van der Waals surface area contributed by atoms with E-state index in [2.05, 4.69) is 10.5 Å². The van der Waals surface area contributed by atoms with Crippen LogP contribution in [0.25, 0.3) is 5.70 Å². The molecule has 3 heteroatoms. The molecule has 2 rings (SSSR count). The van der Waals surface area contributed by atoms with E-state index in [-0.39, 0.29) is 0 Å². The van der Waals surface area contributed by atoms with Crippen molar-refractivity contribution in [3.8, 4) is 0 Å². The van der Waals surface area contributed by atoms with E-state index < -0.39 is 0 Å². The Morgan fingerprint density at radius 2 is 2.08 bits per heavy atom. The van der Waals surface area contributed by atoms with Crippen LogP contribution in [0.1, 0.15) is 11.1 Å². The smallest absolute Gasteiger partial charge is 0.0948 e. The van der Waals surface area contributed by atoms with E-state index in [0.29, 0.717) is 6.54 Å². The molecule has 0 spiro atoms. The zero-order valence-corrected chi connectivity index (χ0v) is 7.14. The molecule has 3 nitrogen and oxygen atoms in total. The molecule has 1 aromatic rings. The van der Waals surface area contributed by atoms with Crippen molar-refractivity contribution in [3.63, 3.8) is 0 Å². The summed E-state index contributed by atoms with van der Waals surface area (Å²) in [6.45, 7) is 0.531. The fourth-order valence-electron chi connectivity index (χ4n) is 1.32. The van der Waals surface area contributed by atoms with Gasteiger partial charge in [0.05, 0.1) is 11.9 Å². The molecule has 0 fully saturated rings. The molecule has 0 unspecified atom stereocenters. The van der Waals surface area contributed by atoms with Crippen molar-refractivity contribution in [2.75, 3.05) is 0 Å². The highest BCUT2D eigenvalue weighted by atomic mass is 15.3. The summed E-state index contributed by atoms with van der Waals surface area (Å²) in [4.78, 5) is 0. The van der Waals surface area contributed by atoms with Gasteiger partial charge in [0, 0.05) is 12.1 Å². The third kappa shape index (κ3) is 1.46. The van der Waals surface area contributed by atoms with Gasteiger partial charge in [0.1, 0.15) is 0 Å². The monoisotopic (exact) mass is 172 g/mol. The molecule has 1 heterocycles. The van der Waals surface area contributed by atoms with Gasteiger partial charge in [-0.15, -0.1) is 0 Å². The van der Waals surface area contributed by atoms with Gasteiger partial charge >= 0.3 is 0 Å². The SMILES string of the molecule is NCc1ccccc1C1=CC=N[N]1. The van der Waals surface area contributed by atoms with Crippen molar-refractivity contribution in [1.29, 1.82) is 0 Å². The zero-order valence-electron chi connectivity index (χ0n) is 7.14. The second-order valence-corrected chi connectivity index (χ2v) is 2.78. The predicted octanol–water partition coefficient (Wildman–Crippen LogP) is 1.09. The summed E-state index contributed by atoms with van der Waals surface area (Å²) in [6, 6.07) is 7.96. The number of hydrogen-bond donors (Lipinski definition) is 1. The lowest BCUT2D eigenvalue weighted by atomic mass is 10.1. The van der Waals surface area contributed by atoms with Crippen molar-refractivity contribution in [1.82, 2.24) is 5.43 Å². The van der Waals surface area contributed by atoms with Crippen molar-refractivity contribution in [2.45, 2.75) is 6.54 Å². The molecule has 0 aliphatic carbocycles. The molecule has 0 amide bonds. The molecule has 65 valence electrons. The molecule has 1 aliphatic rings. The second-order valence-electron chi connectivity index (χ2n) is 2.78. The van der Waals surface area contributed by atoms with Crippen molar-refractivity contribution in [2.24, 2.45) is 10.8 Å². The maximum Gasteiger partial charge on any atom is 0.0948 e. The Kier molecular flexibility index (Phi) is 2.10. The number of nitrogens with zero attached hydrogens (tertiary/aromatic N) is 2. The van der Waals surface area contributed by atoms with E-state index in [4.69, 9.17) is 5.73 Å². The average molecular weight is 172 g/mol. The van der Waals surface area contributed by atoms with Crippen LogP contribution in [-0.2, 0) is 6.54 Å². The lowest BCUT2D eigenvalue weighted by Gasteiger charge is -2.05. The molecule has 0 bridgehead atoms. The van der Waals surface area contributed by atoms with Gasteiger partial charge in [-0.1, -0.05) is 24.3 Å². The molecule has 2 N–H and O–H groups in total. The first-order valence-electron chi connectivity index (χ1n) is 4.14. The highest BCUT2D eigenvalue weighted by Gasteiger charge is 2.08. The number of rotatable bonds is 2. The molecule has 0 saturated heterocycles. The first-order chi connectivity index (χ1) is 6.42. The Bertz CT molecular complexity index is 366. The van der Waals surface area contributed by atoms with Crippen molar-refractivity contribution >= 4 is 11.9 Å². The topological polar surface area (TPSA) is 52.5 Å². The van der Waals surface area contributed by atoms with Crippen LogP contribution in [0.5, 0.6) is 0 Å². The fourth-order valence-corrected chi connectivity index (χ4v) is 1.32. The third-order valence-corrected chi connectivity index (χ3v) is 1.98. The summed E-state index contributed by atoms with van der Waals surface area (Å²) in [5.41, 5.74) is 12.7. The minimum absolute atomic E-state index is 0.531. The highest BCUT2D eigenvalue weighted by molar-refractivity contribution is 5.87. The van der Waals surface area contributed by atoms with E-state index in [9.17, 15) is 0 Å². The summed E-state index contributed by atoms with van der Waals surface area (Å²) in [5.74, 6) is 0. The van der Waals surface area contributed by atoms with E-state index in [1.807, 2.05) is 30.3 Å². The van der Waals surface area contributed by atoms with Gasteiger partial charge < -0.3 is 5.73 Å². The Morgan fingerprint density at radius 1 is 1.23 bits per heavy atom. The predicted molar refractivity (Wildman–Crippen MR) is 52.9 cm³/mol. The first-order valence-corrected chi connectivity index (χ1v) is 4.14. The van der Waals surface area contributed by atoms with Crippen LogP contribution in [0.2, 0.25) is 0 Å². The molecule has 13 heavy (non-hydrogen) atoms. The van der Waals surface area contributed by atoms with Crippen LogP contribution in [0.3, 0.4) is 0 Å². The quantitative estimate of drug-likeness (QED) is 0.713. The van der Waals surface area contributed by atoms with Crippen molar-refractivity contribution < 1.29 is 0 Å². The minimum Gasteiger partial charge on any atom is -0.326 e. The molecular formula is C10H10N3. The van der Waals surface area contributed by atoms with Gasteiger partial charge in [-0.25, -0.2) is 0 Å². The summed E-state index contributed by atoms with van der Waals surface area (Å²) in [6.07, 6.45) is 3.57. The Morgan fingerprint density at radius 3 is 2.77 bits per heavy atom. The van der Waals surface area contributed by atoms with Gasteiger partial charge in [-0.3, -0.25) is 0 Å². The lowest BCUT2D eigenvalue weighted by molar-refractivity contribution is 0.982. The van der Waals surface area contributed by atoms with Crippen molar-refractivity contribution in [3.05, 3.63) is 41.5 Å². The highest BCUT2D eigenvalue weighted by Crippen LogP contribution is 2.18. The summed E-state index contributed by atoms with van der Waals surface area (Å²) in [7, 11) is 0.